The predicted octanol–water partition coefficient (Wildman–Crippen LogP) is 3.70. The molecule has 0 saturated carbocycles. The van der Waals surface area contributed by atoms with Gasteiger partial charge >= 0.3 is 0 Å². The van der Waals surface area contributed by atoms with E-state index >= 15 is 0 Å². The molecule has 2 rings (SSSR count). The van der Waals surface area contributed by atoms with Crippen LogP contribution in [0.25, 0.3) is 0 Å². The second kappa shape index (κ2) is 5.97. The van der Waals surface area contributed by atoms with Crippen molar-refractivity contribution in [2.45, 2.75) is 11.1 Å². The molecule has 1 N–H and O–H groups in total. The molecular weight excluding hydrogens is 430 g/mol. The van der Waals surface area contributed by atoms with Gasteiger partial charge in [0, 0.05) is 19.9 Å². The van der Waals surface area contributed by atoms with Crippen LogP contribution in [0.1, 0.15) is 15.9 Å². The van der Waals surface area contributed by atoms with Gasteiger partial charge in [-0.05, 0) is 52.7 Å². The number of benzene rings is 1. The molecular formula is C12H9Br2NO3S2. The van der Waals surface area contributed by atoms with Crippen LogP contribution in [0.2, 0.25) is 0 Å². The SMILES string of the molecule is Cc1cc(Br)ccc1C(=O)NS(=O)(=O)c1cc(Br)cs1. The Morgan fingerprint density at radius 3 is 2.45 bits per heavy atom. The van der Waals surface area contributed by atoms with Crippen LogP contribution in [-0.2, 0) is 10.0 Å². The zero-order chi connectivity index (χ0) is 14.9. The first-order chi connectivity index (χ1) is 9.29. The molecule has 1 aromatic carbocycles. The lowest BCUT2D eigenvalue weighted by molar-refractivity contribution is 0.0981. The minimum atomic E-state index is -3.84. The molecule has 0 radical (unpaired) electrons. The number of carbonyl (C=O) groups is 1. The molecule has 20 heavy (non-hydrogen) atoms. The smallest absolute Gasteiger partial charge is 0.268 e. The predicted molar refractivity (Wildman–Crippen MR) is 85.6 cm³/mol. The number of rotatable bonds is 3. The third-order valence-electron chi connectivity index (χ3n) is 2.47. The molecule has 4 nitrogen and oxygen atoms in total. The van der Waals surface area contributed by atoms with Crippen molar-refractivity contribution in [3.63, 3.8) is 0 Å². The van der Waals surface area contributed by atoms with E-state index in [0.717, 1.165) is 15.8 Å². The fourth-order valence-electron chi connectivity index (χ4n) is 1.55. The molecule has 1 heterocycles. The maximum atomic E-state index is 12.1. The lowest BCUT2D eigenvalue weighted by atomic mass is 10.1. The Bertz CT molecular complexity index is 769. The average Bonchev–Trinajstić information content (AvgIpc) is 2.75. The largest absolute Gasteiger partial charge is 0.273 e. The minimum Gasteiger partial charge on any atom is -0.268 e. The van der Waals surface area contributed by atoms with Crippen LogP contribution < -0.4 is 4.72 Å². The summed E-state index contributed by atoms with van der Waals surface area (Å²) in [6, 6.07) is 6.48. The van der Waals surface area contributed by atoms with E-state index in [0.29, 0.717) is 15.6 Å². The summed E-state index contributed by atoms with van der Waals surface area (Å²) in [6.07, 6.45) is 0. The van der Waals surface area contributed by atoms with E-state index in [9.17, 15) is 13.2 Å². The molecule has 0 spiro atoms. The molecule has 106 valence electrons. The van der Waals surface area contributed by atoms with Crippen LogP contribution in [0.5, 0.6) is 0 Å². The Labute approximate surface area is 137 Å². The summed E-state index contributed by atoms with van der Waals surface area (Å²) in [5, 5.41) is 1.64. The number of hydrogen-bond acceptors (Lipinski definition) is 4. The molecule has 0 aliphatic rings. The molecule has 0 aliphatic heterocycles. The molecule has 0 atom stereocenters. The quantitative estimate of drug-likeness (QED) is 0.794. The zero-order valence-electron chi connectivity index (χ0n) is 10.2. The summed E-state index contributed by atoms with van der Waals surface area (Å²) >= 11 is 7.52. The van der Waals surface area contributed by atoms with Gasteiger partial charge in [0.2, 0.25) is 0 Å². The van der Waals surface area contributed by atoms with Crippen LogP contribution in [-0.4, -0.2) is 14.3 Å². The molecule has 0 aliphatic carbocycles. The van der Waals surface area contributed by atoms with Crippen molar-refractivity contribution in [2.24, 2.45) is 0 Å². The fourth-order valence-corrected chi connectivity index (χ4v) is 4.84. The van der Waals surface area contributed by atoms with E-state index in [1.807, 2.05) is 0 Å². The molecule has 0 saturated heterocycles. The van der Waals surface area contributed by atoms with Crippen molar-refractivity contribution in [3.05, 3.63) is 49.7 Å². The van der Waals surface area contributed by atoms with Gasteiger partial charge in [-0.15, -0.1) is 11.3 Å². The first kappa shape index (κ1) is 15.7. The highest BCUT2D eigenvalue weighted by molar-refractivity contribution is 9.10. The molecule has 1 amide bonds. The standard InChI is InChI=1S/C12H9Br2NO3S2/c1-7-4-8(13)2-3-10(7)12(16)15-20(17,18)11-5-9(14)6-19-11/h2-6H,1H3,(H,15,16). The van der Waals surface area contributed by atoms with Crippen LogP contribution in [0, 0.1) is 6.92 Å². The number of hydrogen-bond donors (Lipinski definition) is 1. The highest BCUT2D eigenvalue weighted by atomic mass is 79.9. The lowest BCUT2D eigenvalue weighted by Gasteiger charge is -2.07. The molecule has 1 aromatic heterocycles. The third kappa shape index (κ3) is 3.49. The molecule has 0 fully saturated rings. The van der Waals surface area contributed by atoms with Gasteiger partial charge < -0.3 is 0 Å². The van der Waals surface area contributed by atoms with Gasteiger partial charge in [-0.25, -0.2) is 13.1 Å². The van der Waals surface area contributed by atoms with Crippen molar-refractivity contribution >= 4 is 59.1 Å². The minimum absolute atomic E-state index is 0.0903. The highest BCUT2D eigenvalue weighted by Gasteiger charge is 2.21. The zero-order valence-corrected chi connectivity index (χ0v) is 15.0. The number of sulfonamides is 1. The maximum Gasteiger partial charge on any atom is 0.273 e. The first-order valence-electron chi connectivity index (χ1n) is 5.37. The highest BCUT2D eigenvalue weighted by Crippen LogP contribution is 2.24. The van der Waals surface area contributed by atoms with Gasteiger partial charge in [-0.3, -0.25) is 4.79 Å². The van der Waals surface area contributed by atoms with E-state index < -0.39 is 15.9 Å². The normalized spacial score (nSPS) is 11.3. The monoisotopic (exact) mass is 437 g/mol. The number of aryl methyl sites for hydroxylation is 1. The van der Waals surface area contributed by atoms with E-state index in [1.165, 1.54) is 6.07 Å². The molecule has 2 aromatic rings. The van der Waals surface area contributed by atoms with Gasteiger partial charge in [0.05, 0.1) is 0 Å². The number of carbonyl (C=O) groups excluding carboxylic acids is 1. The molecule has 0 bridgehead atoms. The topological polar surface area (TPSA) is 63.2 Å². The van der Waals surface area contributed by atoms with Crippen LogP contribution in [0.15, 0.2) is 42.8 Å². The van der Waals surface area contributed by atoms with Crippen molar-refractivity contribution in [2.75, 3.05) is 0 Å². The Morgan fingerprint density at radius 2 is 1.90 bits per heavy atom. The number of amides is 1. The fraction of sp³-hybridized carbons (Fsp3) is 0.0833. The summed E-state index contributed by atoms with van der Waals surface area (Å²) in [5.41, 5.74) is 1.02. The third-order valence-corrected chi connectivity index (χ3v) is 6.49. The van der Waals surface area contributed by atoms with Crippen LogP contribution in [0.4, 0.5) is 0 Å². The Kier molecular flexibility index (Phi) is 4.68. The Morgan fingerprint density at radius 1 is 1.20 bits per heavy atom. The van der Waals surface area contributed by atoms with E-state index in [1.54, 1.807) is 30.5 Å². The van der Waals surface area contributed by atoms with E-state index in [2.05, 4.69) is 36.6 Å². The van der Waals surface area contributed by atoms with Crippen molar-refractivity contribution in [3.8, 4) is 0 Å². The van der Waals surface area contributed by atoms with Crippen molar-refractivity contribution < 1.29 is 13.2 Å². The van der Waals surface area contributed by atoms with Gasteiger partial charge in [-0.1, -0.05) is 15.9 Å². The summed E-state index contributed by atoms with van der Waals surface area (Å²) in [4.78, 5) is 12.1. The molecule has 0 unspecified atom stereocenters. The Balaban J connectivity index is 2.27. The van der Waals surface area contributed by atoms with E-state index in [4.69, 9.17) is 0 Å². The number of thiophene rings is 1. The summed E-state index contributed by atoms with van der Waals surface area (Å²) in [7, 11) is -3.84. The van der Waals surface area contributed by atoms with Gasteiger partial charge in [-0.2, -0.15) is 0 Å². The first-order valence-corrected chi connectivity index (χ1v) is 9.32. The Hall–Kier alpha value is -0.700. The summed E-state index contributed by atoms with van der Waals surface area (Å²) in [5.74, 6) is -0.639. The van der Waals surface area contributed by atoms with Crippen LogP contribution >= 0.6 is 43.2 Å². The van der Waals surface area contributed by atoms with Crippen molar-refractivity contribution in [1.29, 1.82) is 0 Å². The average molecular weight is 439 g/mol. The van der Waals surface area contributed by atoms with E-state index in [-0.39, 0.29) is 4.21 Å². The van der Waals surface area contributed by atoms with Gasteiger partial charge in [0.25, 0.3) is 15.9 Å². The maximum absolute atomic E-state index is 12.1. The van der Waals surface area contributed by atoms with Crippen molar-refractivity contribution in [1.82, 2.24) is 4.72 Å². The lowest BCUT2D eigenvalue weighted by Crippen LogP contribution is -2.30. The summed E-state index contributed by atoms with van der Waals surface area (Å²) < 4.78 is 27.8. The summed E-state index contributed by atoms with van der Waals surface area (Å²) in [6.45, 7) is 1.74. The number of halogens is 2. The van der Waals surface area contributed by atoms with Gasteiger partial charge in [0.1, 0.15) is 4.21 Å². The second-order valence-electron chi connectivity index (χ2n) is 3.98. The van der Waals surface area contributed by atoms with Gasteiger partial charge in [0.15, 0.2) is 0 Å². The molecule has 8 heteroatoms. The van der Waals surface area contributed by atoms with Crippen LogP contribution in [0.3, 0.4) is 0 Å². The second-order valence-corrected chi connectivity index (χ2v) is 8.63. The number of nitrogens with one attached hydrogen (secondary N) is 1.